The third kappa shape index (κ3) is 5.07. The van der Waals surface area contributed by atoms with E-state index in [1.165, 1.54) is 7.11 Å². The van der Waals surface area contributed by atoms with Crippen molar-refractivity contribution in [1.29, 1.82) is 0 Å². The van der Waals surface area contributed by atoms with Crippen LogP contribution < -0.4 is 26.4 Å². The van der Waals surface area contributed by atoms with Crippen LogP contribution in [0, 0.1) is 11.7 Å². The van der Waals surface area contributed by atoms with E-state index in [1.807, 2.05) is 0 Å². The highest BCUT2D eigenvalue weighted by Crippen LogP contribution is 2.36. The fraction of sp³-hybridized carbons (Fsp3) is 0.350. The van der Waals surface area contributed by atoms with Gasteiger partial charge in [0.25, 0.3) is 5.91 Å². The first kappa shape index (κ1) is 21.2. The number of hydrogen-bond donors (Lipinski definition) is 5. The first-order valence-corrected chi connectivity index (χ1v) is 9.46. The molecular formula is C20H24FN5O4. The normalized spacial score (nSPS) is 15.0. The van der Waals surface area contributed by atoms with Crippen molar-refractivity contribution < 1.29 is 23.8 Å². The predicted octanol–water partition coefficient (Wildman–Crippen LogP) is 2.92. The Morgan fingerprint density at radius 2 is 2.03 bits per heavy atom. The summed E-state index contributed by atoms with van der Waals surface area (Å²) in [7, 11) is 1.52. The maximum absolute atomic E-state index is 14.7. The van der Waals surface area contributed by atoms with Crippen LogP contribution in [0.4, 0.5) is 26.5 Å². The molecule has 1 aromatic carbocycles. The number of primary amides is 1. The molecule has 0 bridgehead atoms. The van der Waals surface area contributed by atoms with Crippen molar-refractivity contribution in [2.45, 2.75) is 31.8 Å². The van der Waals surface area contributed by atoms with Crippen molar-refractivity contribution in [3.63, 3.8) is 0 Å². The minimum atomic E-state index is -1.16. The molecule has 0 radical (unpaired) electrons. The van der Waals surface area contributed by atoms with Crippen LogP contribution in [-0.4, -0.2) is 41.3 Å². The van der Waals surface area contributed by atoms with Gasteiger partial charge in [0.05, 0.1) is 18.7 Å². The van der Waals surface area contributed by atoms with Crippen molar-refractivity contribution in [2.24, 2.45) is 11.7 Å². The largest absolute Gasteiger partial charge is 0.497 e. The molecule has 160 valence electrons. The van der Waals surface area contributed by atoms with E-state index < -0.39 is 23.9 Å². The van der Waals surface area contributed by atoms with Crippen molar-refractivity contribution >= 4 is 29.3 Å². The van der Waals surface area contributed by atoms with Crippen molar-refractivity contribution in [1.82, 2.24) is 10.3 Å². The minimum Gasteiger partial charge on any atom is -0.497 e. The number of carboxylic acid groups (broad SMARTS) is 1. The molecule has 1 saturated carbocycles. The molecule has 0 aliphatic heterocycles. The number of rotatable bonds is 9. The monoisotopic (exact) mass is 417 g/mol. The van der Waals surface area contributed by atoms with Gasteiger partial charge >= 0.3 is 6.09 Å². The number of carbonyl (C=O) groups is 2. The van der Waals surface area contributed by atoms with Crippen molar-refractivity contribution in [2.75, 3.05) is 17.7 Å². The molecule has 1 heterocycles. The SMILES string of the molecule is COc1cccc(Nc2nc(N[C@@H](C3CC3)[C@H](C)NC(=O)O)c(F)cc2C(N)=O)c1. The minimum absolute atomic E-state index is 0.0769. The molecule has 3 rings (SSSR count). The maximum Gasteiger partial charge on any atom is 0.404 e. The molecule has 0 spiro atoms. The molecule has 9 nitrogen and oxygen atoms in total. The lowest BCUT2D eigenvalue weighted by atomic mass is 10.0. The summed E-state index contributed by atoms with van der Waals surface area (Å²) in [5.74, 6) is -0.831. The smallest absolute Gasteiger partial charge is 0.404 e. The van der Waals surface area contributed by atoms with E-state index in [0.29, 0.717) is 11.4 Å². The lowest BCUT2D eigenvalue weighted by molar-refractivity contribution is 0.100. The second-order valence-corrected chi connectivity index (χ2v) is 7.18. The van der Waals surface area contributed by atoms with Gasteiger partial charge in [0.15, 0.2) is 11.6 Å². The zero-order chi connectivity index (χ0) is 21.8. The van der Waals surface area contributed by atoms with E-state index in [-0.39, 0.29) is 29.2 Å². The summed E-state index contributed by atoms with van der Waals surface area (Å²) >= 11 is 0. The highest BCUT2D eigenvalue weighted by molar-refractivity contribution is 5.98. The van der Waals surface area contributed by atoms with Crippen LogP contribution in [0.2, 0.25) is 0 Å². The number of benzene rings is 1. The van der Waals surface area contributed by atoms with Gasteiger partial charge in [-0.1, -0.05) is 6.07 Å². The van der Waals surface area contributed by atoms with Crippen LogP contribution >= 0.6 is 0 Å². The number of methoxy groups -OCH3 is 1. The Labute approximate surface area is 172 Å². The number of anilines is 3. The van der Waals surface area contributed by atoms with Gasteiger partial charge in [0, 0.05) is 17.8 Å². The highest BCUT2D eigenvalue weighted by Gasteiger charge is 2.36. The number of halogens is 1. The summed E-state index contributed by atoms with van der Waals surface area (Å²) in [6.45, 7) is 1.70. The van der Waals surface area contributed by atoms with Gasteiger partial charge in [-0.15, -0.1) is 0 Å². The highest BCUT2D eigenvalue weighted by atomic mass is 19.1. The number of carbonyl (C=O) groups excluding carboxylic acids is 1. The zero-order valence-corrected chi connectivity index (χ0v) is 16.6. The number of ether oxygens (including phenoxy) is 1. The van der Waals surface area contributed by atoms with Crippen molar-refractivity contribution in [3.05, 3.63) is 41.7 Å². The second kappa shape index (κ2) is 8.85. The van der Waals surface area contributed by atoms with E-state index in [0.717, 1.165) is 18.9 Å². The molecule has 10 heteroatoms. The van der Waals surface area contributed by atoms with Crippen LogP contribution in [0.15, 0.2) is 30.3 Å². The van der Waals surface area contributed by atoms with Gasteiger partial charge in [0.1, 0.15) is 11.6 Å². The Kier molecular flexibility index (Phi) is 6.24. The van der Waals surface area contributed by atoms with E-state index >= 15 is 0 Å². The standard InChI is InChI=1S/C20H24FN5O4/c1-10(23-20(28)29)16(11-6-7-11)25-19-15(21)9-14(17(22)27)18(26-19)24-12-4-3-5-13(8-12)30-2/h3-5,8-11,16,23H,6-7H2,1-2H3,(H2,22,27)(H,28,29)(H2,24,25,26)/t10-,16+/m0/s1. The summed E-state index contributed by atoms with van der Waals surface area (Å²) < 4.78 is 19.9. The van der Waals surface area contributed by atoms with E-state index in [9.17, 15) is 14.0 Å². The molecule has 1 fully saturated rings. The first-order chi connectivity index (χ1) is 14.3. The fourth-order valence-electron chi connectivity index (χ4n) is 3.26. The lowest BCUT2D eigenvalue weighted by Gasteiger charge is -2.26. The molecule has 1 aromatic heterocycles. The summed E-state index contributed by atoms with van der Waals surface area (Å²) in [6.07, 6.45) is 0.645. The number of aromatic nitrogens is 1. The Balaban J connectivity index is 1.92. The average molecular weight is 417 g/mol. The Bertz CT molecular complexity index is 951. The fourth-order valence-corrected chi connectivity index (χ4v) is 3.26. The molecule has 2 amide bonds. The van der Waals surface area contributed by atoms with Crippen LogP contribution in [-0.2, 0) is 0 Å². The third-order valence-corrected chi connectivity index (χ3v) is 4.90. The Morgan fingerprint density at radius 3 is 2.63 bits per heavy atom. The average Bonchev–Trinajstić information content (AvgIpc) is 3.52. The quantitative estimate of drug-likeness (QED) is 0.423. The van der Waals surface area contributed by atoms with E-state index in [1.54, 1.807) is 31.2 Å². The van der Waals surface area contributed by atoms with E-state index in [2.05, 4.69) is 20.9 Å². The van der Waals surface area contributed by atoms with Gasteiger partial charge in [-0.2, -0.15) is 0 Å². The Hall–Kier alpha value is -3.56. The van der Waals surface area contributed by atoms with Crippen LogP contribution in [0.3, 0.4) is 0 Å². The van der Waals surface area contributed by atoms with Crippen LogP contribution in [0.5, 0.6) is 5.75 Å². The number of nitrogens with two attached hydrogens (primary N) is 1. The summed E-state index contributed by atoms with van der Waals surface area (Å²) in [4.78, 5) is 27.1. The number of nitrogens with one attached hydrogen (secondary N) is 3. The molecule has 2 aromatic rings. The molecule has 0 unspecified atom stereocenters. The first-order valence-electron chi connectivity index (χ1n) is 9.46. The number of amides is 2. The molecule has 1 aliphatic rings. The third-order valence-electron chi connectivity index (χ3n) is 4.90. The second-order valence-electron chi connectivity index (χ2n) is 7.18. The number of nitrogens with zero attached hydrogens (tertiary/aromatic N) is 1. The van der Waals surface area contributed by atoms with E-state index in [4.69, 9.17) is 15.6 Å². The lowest BCUT2D eigenvalue weighted by Crippen LogP contribution is -2.45. The van der Waals surface area contributed by atoms with Gasteiger partial charge in [-0.25, -0.2) is 14.2 Å². The Morgan fingerprint density at radius 1 is 1.30 bits per heavy atom. The molecule has 30 heavy (non-hydrogen) atoms. The zero-order valence-electron chi connectivity index (χ0n) is 16.6. The van der Waals surface area contributed by atoms with Gasteiger partial charge in [-0.3, -0.25) is 4.79 Å². The molecule has 0 saturated heterocycles. The summed E-state index contributed by atoms with van der Waals surface area (Å²) in [5, 5.41) is 17.4. The van der Waals surface area contributed by atoms with Crippen molar-refractivity contribution in [3.8, 4) is 5.75 Å². The van der Waals surface area contributed by atoms with Crippen LogP contribution in [0.1, 0.15) is 30.1 Å². The van der Waals surface area contributed by atoms with Crippen LogP contribution in [0.25, 0.3) is 0 Å². The van der Waals surface area contributed by atoms with Gasteiger partial charge in [0.2, 0.25) is 0 Å². The molecular weight excluding hydrogens is 393 g/mol. The summed E-state index contributed by atoms with van der Waals surface area (Å²) in [5.41, 5.74) is 5.86. The number of hydrogen-bond acceptors (Lipinski definition) is 6. The topological polar surface area (TPSA) is 139 Å². The van der Waals surface area contributed by atoms with Gasteiger partial charge in [-0.05, 0) is 43.9 Å². The summed E-state index contributed by atoms with van der Waals surface area (Å²) in [6, 6.07) is 7.11. The maximum atomic E-state index is 14.7. The molecule has 6 N–H and O–H groups in total. The predicted molar refractivity (Wildman–Crippen MR) is 110 cm³/mol. The molecule has 1 aliphatic carbocycles. The molecule has 2 atom stereocenters. The van der Waals surface area contributed by atoms with Gasteiger partial charge < -0.3 is 31.5 Å². The number of pyridine rings is 1.